The topological polar surface area (TPSA) is 86.8 Å². The van der Waals surface area contributed by atoms with Crippen molar-refractivity contribution < 1.29 is 18.0 Å². The van der Waals surface area contributed by atoms with Gasteiger partial charge in [0.25, 0.3) is 10.0 Å². The summed E-state index contributed by atoms with van der Waals surface area (Å²) < 4.78 is 28.9. The zero-order chi connectivity index (χ0) is 30.3. The molecule has 2 atom stereocenters. The summed E-state index contributed by atoms with van der Waals surface area (Å²) in [6.07, 6.45) is 1.01. The maximum Gasteiger partial charge on any atom is 0.264 e. The Labute approximate surface area is 257 Å². The van der Waals surface area contributed by atoms with Crippen LogP contribution in [0.15, 0.2) is 71.6 Å². The van der Waals surface area contributed by atoms with E-state index in [1.54, 1.807) is 43.3 Å². The molecule has 0 aliphatic heterocycles. The average Bonchev–Trinajstić information content (AvgIpc) is 2.94. The highest BCUT2D eigenvalue weighted by molar-refractivity contribution is 7.92. The molecular weight excluding hydrogens is 605 g/mol. The number of benzene rings is 3. The highest BCUT2D eigenvalue weighted by atomic mass is 35.5. The molecule has 0 fully saturated rings. The van der Waals surface area contributed by atoms with E-state index in [-0.39, 0.29) is 39.1 Å². The first-order chi connectivity index (χ1) is 19.4. The molecule has 7 nitrogen and oxygen atoms in total. The highest BCUT2D eigenvalue weighted by Crippen LogP contribution is 2.31. The number of halogens is 3. The third-order valence-corrected chi connectivity index (χ3v) is 9.66. The van der Waals surface area contributed by atoms with Crippen LogP contribution in [0.2, 0.25) is 15.1 Å². The molecule has 3 aromatic carbocycles. The van der Waals surface area contributed by atoms with Crippen molar-refractivity contribution in [2.24, 2.45) is 0 Å². The van der Waals surface area contributed by atoms with Crippen LogP contribution in [-0.2, 0) is 26.2 Å². The molecule has 0 radical (unpaired) electrons. The first kappa shape index (κ1) is 32.7. The standard InChI is InChI=1S/C30H34Cl3N3O4S/c1-5-21(4)34-30(38)28(6-2)35(18-22-9-7-8-10-25(22)31)29(37)19-36(23-13-16-26(32)27(33)17-23)41(39,40)24-14-11-20(3)12-15-24/h7-17,21,28H,5-6,18-19H2,1-4H3,(H,34,38)/t21-,28+/m1/s1. The van der Waals surface area contributed by atoms with Crippen molar-refractivity contribution in [2.45, 2.75) is 64.1 Å². The van der Waals surface area contributed by atoms with Crippen LogP contribution in [0.1, 0.15) is 44.7 Å². The lowest BCUT2D eigenvalue weighted by molar-refractivity contribution is -0.140. The molecule has 0 unspecified atom stereocenters. The zero-order valence-electron chi connectivity index (χ0n) is 23.4. The van der Waals surface area contributed by atoms with E-state index in [2.05, 4.69) is 5.32 Å². The van der Waals surface area contributed by atoms with Gasteiger partial charge in [0.15, 0.2) is 0 Å². The van der Waals surface area contributed by atoms with E-state index in [4.69, 9.17) is 34.8 Å². The number of nitrogens with zero attached hydrogens (tertiary/aromatic N) is 2. The molecule has 220 valence electrons. The molecule has 0 saturated carbocycles. The van der Waals surface area contributed by atoms with Crippen LogP contribution in [0.5, 0.6) is 0 Å². The quantitative estimate of drug-likeness (QED) is 0.235. The monoisotopic (exact) mass is 637 g/mol. The van der Waals surface area contributed by atoms with Crippen molar-refractivity contribution in [3.8, 4) is 0 Å². The van der Waals surface area contributed by atoms with Gasteiger partial charge in [0.05, 0.1) is 20.6 Å². The predicted molar refractivity (Wildman–Crippen MR) is 166 cm³/mol. The Morgan fingerprint density at radius 2 is 1.54 bits per heavy atom. The fourth-order valence-electron chi connectivity index (χ4n) is 4.18. The number of sulfonamides is 1. The van der Waals surface area contributed by atoms with Crippen molar-refractivity contribution in [2.75, 3.05) is 10.8 Å². The van der Waals surface area contributed by atoms with Crippen LogP contribution in [0, 0.1) is 6.92 Å². The second kappa shape index (κ2) is 14.4. The van der Waals surface area contributed by atoms with Gasteiger partial charge in [-0.1, -0.05) is 84.5 Å². The minimum atomic E-state index is -4.23. The first-order valence-electron chi connectivity index (χ1n) is 13.3. The molecule has 2 amide bonds. The van der Waals surface area contributed by atoms with Crippen molar-refractivity contribution in [1.29, 1.82) is 0 Å². The van der Waals surface area contributed by atoms with Crippen molar-refractivity contribution in [3.63, 3.8) is 0 Å². The van der Waals surface area contributed by atoms with E-state index in [1.807, 2.05) is 20.8 Å². The lowest BCUT2D eigenvalue weighted by Crippen LogP contribution is -2.53. The highest BCUT2D eigenvalue weighted by Gasteiger charge is 2.34. The van der Waals surface area contributed by atoms with Crippen LogP contribution in [0.25, 0.3) is 0 Å². The Bertz CT molecular complexity index is 1480. The maximum absolute atomic E-state index is 14.1. The number of hydrogen-bond donors (Lipinski definition) is 1. The summed E-state index contributed by atoms with van der Waals surface area (Å²) in [5.41, 5.74) is 1.66. The van der Waals surface area contributed by atoms with Crippen molar-refractivity contribution in [1.82, 2.24) is 10.2 Å². The Kier molecular flexibility index (Phi) is 11.5. The third-order valence-electron chi connectivity index (χ3n) is 6.76. The van der Waals surface area contributed by atoms with E-state index in [0.29, 0.717) is 23.4 Å². The summed E-state index contributed by atoms with van der Waals surface area (Å²) in [6, 6.07) is 16.7. The molecule has 11 heteroatoms. The lowest BCUT2D eigenvalue weighted by Gasteiger charge is -2.34. The van der Waals surface area contributed by atoms with E-state index in [9.17, 15) is 18.0 Å². The number of nitrogens with one attached hydrogen (secondary N) is 1. The van der Waals surface area contributed by atoms with Gasteiger partial charge >= 0.3 is 0 Å². The summed E-state index contributed by atoms with van der Waals surface area (Å²) in [5, 5.41) is 3.74. The molecule has 0 bridgehead atoms. The average molecular weight is 639 g/mol. The van der Waals surface area contributed by atoms with Gasteiger partial charge in [0.1, 0.15) is 12.6 Å². The number of hydrogen-bond acceptors (Lipinski definition) is 4. The smallest absolute Gasteiger partial charge is 0.264 e. The molecular formula is C30H34Cl3N3O4S. The Balaban J connectivity index is 2.10. The number of rotatable bonds is 12. The maximum atomic E-state index is 14.1. The van der Waals surface area contributed by atoms with Crippen LogP contribution in [0.4, 0.5) is 5.69 Å². The zero-order valence-corrected chi connectivity index (χ0v) is 26.5. The molecule has 1 N–H and O–H groups in total. The number of anilines is 1. The molecule has 0 heterocycles. The van der Waals surface area contributed by atoms with Gasteiger partial charge in [0.2, 0.25) is 11.8 Å². The second-order valence-corrected chi connectivity index (χ2v) is 12.9. The lowest BCUT2D eigenvalue weighted by atomic mass is 10.1. The van der Waals surface area contributed by atoms with Gasteiger partial charge in [-0.2, -0.15) is 0 Å². The van der Waals surface area contributed by atoms with E-state index >= 15 is 0 Å². The van der Waals surface area contributed by atoms with Crippen LogP contribution >= 0.6 is 34.8 Å². The third kappa shape index (κ3) is 8.16. The minimum Gasteiger partial charge on any atom is -0.352 e. The van der Waals surface area contributed by atoms with Gasteiger partial charge in [-0.05, 0) is 68.7 Å². The van der Waals surface area contributed by atoms with Crippen LogP contribution in [-0.4, -0.2) is 43.8 Å². The Hall–Kier alpha value is -2.78. The summed E-state index contributed by atoms with van der Waals surface area (Å²) in [6.45, 7) is 6.89. The van der Waals surface area contributed by atoms with Crippen LogP contribution in [0.3, 0.4) is 0 Å². The summed E-state index contributed by atoms with van der Waals surface area (Å²) in [4.78, 5) is 28.9. The summed E-state index contributed by atoms with van der Waals surface area (Å²) in [5.74, 6) is -0.914. The SMILES string of the molecule is CC[C@@H](C)NC(=O)[C@H](CC)N(Cc1ccccc1Cl)C(=O)CN(c1ccc(Cl)c(Cl)c1)S(=O)(=O)c1ccc(C)cc1. The number of carbonyl (C=O) groups is 2. The molecule has 0 saturated heterocycles. The van der Waals surface area contributed by atoms with Gasteiger partial charge in [0, 0.05) is 17.6 Å². The molecule has 0 spiro atoms. The summed E-state index contributed by atoms with van der Waals surface area (Å²) in [7, 11) is -4.23. The number of amides is 2. The van der Waals surface area contributed by atoms with Crippen molar-refractivity contribution in [3.05, 3.63) is 92.9 Å². The van der Waals surface area contributed by atoms with Gasteiger partial charge in [-0.15, -0.1) is 0 Å². The molecule has 0 aromatic heterocycles. The second-order valence-electron chi connectivity index (χ2n) is 9.78. The number of aryl methyl sites for hydroxylation is 1. The molecule has 3 aromatic rings. The normalized spacial score (nSPS) is 12.9. The van der Waals surface area contributed by atoms with E-state index < -0.39 is 28.5 Å². The fourth-order valence-corrected chi connectivity index (χ4v) is 6.07. The van der Waals surface area contributed by atoms with Crippen LogP contribution < -0.4 is 9.62 Å². The van der Waals surface area contributed by atoms with E-state index in [1.165, 1.54) is 35.2 Å². The van der Waals surface area contributed by atoms with E-state index in [0.717, 1.165) is 9.87 Å². The summed E-state index contributed by atoms with van der Waals surface area (Å²) >= 11 is 18.8. The van der Waals surface area contributed by atoms with Crippen molar-refractivity contribution >= 4 is 62.3 Å². The Morgan fingerprint density at radius 1 is 0.878 bits per heavy atom. The minimum absolute atomic E-state index is 0.00109. The molecule has 0 aliphatic rings. The van der Waals surface area contributed by atoms with Gasteiger partial charge < -0.3 is 10.2 Å². The molecule has 41 heavy (non-hydrogen) atoms. The van der Waals surface area contributed by atoms with Gasteiger partial charge in [-0.25, -0.2) is 8.42 Å². The number of carbonyl (C=O) groups excluding carboxylic acids is 2. The Morgan fingerprint density at radius 3 is 2.12 bits per heavy atom. The largest absolute Gasteiger partial charge is 0.352 e. The first-order valence-corrected chi connectivity index (χ1v) is 15.8. The molecule has 0 aliphatic carbocycles. The predicted octanol–water partition coefficient (Wildman–Crippen LogP) is 6.87. The fraction of sp³-hybridized carbons (Fsp3) is 0.333. The molecule has 3 rings (SSSR count). The van der Waals surface area contributed by atoms with Gasteiger partial charge in [-0.3, -0.25) is 13.9 Å².